The second-order valence-corrected chi connectivity index (χ2v) is 7.11. The zero-order valence-electron chi connectivity index (χ0n) is 14.3. The number of rotatable bonds is 6. The molecule has 1 aliphatic rings. The van der Waals surface area contributed by atoms with E-state index < -0.39 is 0 Å². The second kappa shape index (κ2) is 7.31. The maximum absolute atomic E-state index is 12.8. The zero-order chi connectivity index (χ0) is 17.9. The molecule has 1 amide bonds. The quantitative estimate of drug-likeness (QED) is 0.722. The molecular weight excluding hydrogens is 350 g/mol. The van der Waals surface area contributed by atoms with E-state index in [0.717, 1.165) is 27.8 Å². The number of hydrogen-bond donors (Lipinski definition) is 1. The predicted molar refractivity (Wildman–Crippen MR) is 100 cm³/mol. The van der Waals surface area contributed by atoms with Gasteiger partial charge in [-0.15, -0.1) is 11.3 Å². The number of anilines is 1. The fourth-order valence-electron chi connectivity index (χ4n) is 3.09. The maximum atomic E-state index is 12.8. The summed E-state index contributed by atoms with van der Waals surface area (Å²) in [7, 11) is 1.62. The van der Waals surface area contributed by atoms with Crippen LogP contribution >= 0.6 is 11.3 Å². The van der Waals surface area contributed by atoms with Crippen LogP contribution in [0.25, 0.3) is 10.8 Å². The van der Waals surface area contributed by atoms with E-state index in [1.807, 2.05) is 42.6 Å². The molecule has 6 nitrogen and oxygen atoms in total. The summed E-state index contributed by atoms with van der Waals surface area (Å²) < 4.78 is 10.7. The first-order chi connectivity index (χ1) is 12.8. The Morgan fingerprint density at radius 1 is 1.35 bits per heavy atom. The van der Waals surface area contributed by atoms with E-state index in [-0.39, 0.29) is 11.9 Å². The van der Waals surface area contributed by atoms with Crippen molar-refractivity contribution in [3.8, 4) is 16.5 Å². The minimum Gasteiger partial charge on any atom is -0.495 e. The van der Waals surface area contributed by atoms with Crippen LogP contribution in [0, 0.1) is 0 Å². The third-order valence-electron chi connectivity index (χ3n) is 4.39. The number of aromatic nitrogens is 1. The van der Waals surface area contributed by atoms with Crippen molar-refractivity contribution in [2.45, 2.75) is 19.0 Å². The molecule has 1 fully saturated rings. The minimum absolute atomic E-state index is 0.0743. The van der Waals surface area contributed by atoms with Gasteiger partial charge in [0.2, 0.25) is 5.91 Å². The average molecular weight is 369 g/mol. The molecule has 1 N–H and O–H groups in total. The monoisotopic (exact) mass is 369 g/mol. The van der Waals surface area contributed by atoms with Crippen LogP contribution in [0.2, 0.25) is 0 Å². The molecule has 0 radical (unpaired) electrons. The van der Waals surface area contributed by atoms with Crippen LogP contribution in [0.15, 0.2) is 53.3 Å². The van der Waals surface area contributed by atoms with Crippen molar-refractivity contribution in [3.63, 3.8) is 0 Å². The molecule has 4 rings (SSSR count). The van der Waals surface area contributed by atoms with E-state index in [4.69, 9.17) is 9.15 Å². The first-order valence-corrected chi connectivity index (χ1v) is 9.24. The summed E-state index contributed by atoms with van der Waals surface area (Å²) in [4.78, 5) is 20.0. The van der Waals surface area contributed by atoms with Gasteiger partial charge in [0, 0.05) is 24.2 Å². The Bertz CT molecular complexity index is 891. The number of carbonyl (C=O) groups excluding carboxylic acids is 1. The van der Waals surface area contributed by atoms with E-state index in [1.165, 1.54) is 0 Å². The van der Waals surface area contributed by atoms with Crippen LogP contribution < -0.4 is 15.0 Å². The summed E-state index contributed by atoms with van der Waals surface area (Å²) >= 11 is 1.57. The lowest BCUT2D eigenvalue weighted by atomic mass is 10.2. The molecular formula is C19H19N3O3S. The Morgan fingerprint density at radius 3 is 3.04 bits per heavy atom. The predicted octanol–water partition coefficient (Wildman–Crippen LogP) is 3.31. The first-order valence-electron chi connectivity index (χ1n) is 8.42. The molecule has 7 heteroatoms. The van der Waals surface area contributed by atoms with Crippen molar-refractivity contribution in [2.24, 2.45) is 0 Å². The number of nitrogens with zero attached hydrogens (tertiary/aromatic N) is 2. The first kappa shape index (κ1) is 16.8. The standard InChI is InChI=1S/C19H19N3O3S/c1-24-16-6-3-2-5-15(16)22-9-8-14(19(22)23)20-11-13-12-21-18(26-13)17-7-4-10-25-17/h2-7,10,12,14,20H,8-9,11H2,1H3. The highest BCUT2D eigenvalue weighted by molar-refractivity contribution is 7.14. The van der Waals surface area contributed by atoms with Gasteiger partial charge in [-0.25, -0.2) is 4.98 Å². The van der Waals surface area contributed by atoms with Gasteiger partial charge >= 0.3 is 0 Å². The molecule has 1 atom stereocenters. The number of benzene rings is 1. The normalized spacial score (nSPS) is 17.0. The number of furan rings is 1. The Labute approximate surface area is 155 Å². The number of para-hydroxylation sites is 2. The van der Waals surface area contributed by atoms with Gasteiger partial charge in [0.1, 0.15) is 5.75 Å². The Hall–Kier alpha value is -2.64. The van der Waals surface area contributed by atoms with Crippen LogP contribution in [-0.4, -0.2) is 30.6 Å². The smallest absolute Gasteiger partial charge is 0.244 e. The molecule has 3 aromatic rings. The number of nitrogens with one attached hydrogen (secondary N) is 1. The largest absolute Gasteiger partial charge is 0.495 e. The third kappa shape index (κ3) is 3.23. The maximum Gasteiger partial charge on any atom is 0.244 e. The highest BCUT2D eigenvalue weighted by atomic mass is 32.1. The number of methoxy groups -OCH3 is 1. The summed E-state index contributed by atoms with van der Waals surface area (Å²) in [5.74, 6) is 1.55. The van der Waals surface area contributed by atoms with Crippen LogP contribution in [0.3, 0.4) is 0 Å². The fourth-order valence-corrected chi connectivity index (χ4v) is 3.92. The number of carbonyl (C=O) groups is 1. The van der Waals surface area contributed by atoms with Gasteiger partial charge in [-0.2, -0.15) is 0 Å². The molecule has 0 spiro atoms. The van der Waals surface area contributed by atoms with Gasteiger partial charge in [-0.1, -0.05) is 12.1 Å². The second-order valence-electron chi connectivity index (χ2n) is 5.99. The topological polar surface area (TPSA) is 67.6 Å². The third-order valence-corrected chi connectivity index (χ3v) is 5.40. The molecule has 1 aromatic carbocycles. The molecule has 3 heterocycles. The highest BCUT2D eigenvalue weighted by Gasteiger charge is 2.33. The van der Waals surface area contributed by atoms with Gasteiger partial charge in [0.05, 0.1) is 25.1 Å². The van der Waals surface area contributed by atoms with E-state index in [9.17, 15) is 4.79 Å². The average Bonchev–Trinajstić information content (AvgIpc) is 3.41. The molecule has 26 heavy (non-hydrogen) atoms. The van der Waals surface area contributed by atoms with Gasteiger partial charge in [-0.3, -0.25) is 4.79 Å². The van der Waals surface area contributed by atoms with E-state index in [0.29, 0.717) is 18.8 Å². The summed E-state index contributed by atoms with van der Waals surface area (Å²) in [6.45, 7) is 1.28. The summed E-state index contributed by atoms with van der Waals surface area (Å²) in [5.41, 5.74) is 0.821. The lowest BCUT2D eigenvalue weighted by Gasteiger charge is -2.19. The summed E-state index contributed by atoms with van der Waals surface area (Å²) in [5, 5.41) is 4.20. The van der Waals surface area contributed by atoms with Crippen molar-refractivity contribution in [3.05, 3.63) is 53.7 Å². The van der Waals surface area contributed by atoms with Crippen molar-refractivity contribution in [1.29, 1.82) is 0 Å². The molecule has 2 aromatic heterocycles. The van der Waals surface area contributed by atoms with Crippen molar-refractivity contribution in [2.75, 3.05) is 18.6 Å². The molecule has 134 valence electrons. The van der Waals surface area contributed by atoms with Gasteiger partial charge in [0.15, 0.2) is 10.8 Å². The molecule has 0 saturated carbocycles. The molecule has 1 aliphatic heterocycles. The van der Waals surface area contributed by atoms with Crippen LogP contribution in [0.1, 0.15) is 11.3 Å². The van der Waals surface area contributed by atoms with Crippen molar-refractivity contribution >= 4 is 22.9 Å². The summed E-state index contributed by atoms with van der Waals surface area (Å²) in [6.07, 6.45) is 4.23. The Kier molecular flexibility index (Phi) is 4.73. The number of hydrogen-bond acceptors (Lipinski definition) is 6. The lowest BCUT2D eigenvalue weighted by Crippen LogP contribution is -2.37. The zero-order valence-corrected chi connectivity index (χ0v) is 15.2. The summed E-state index contributed by atoms with van der Waals surface area (Å²) in [6, 6.07) is 11.1. The van der Waals surface area contributed by atoms with Crippen molar-refractivity contribution in [1.82, 2.24) is 10.3 Å². The Morgan fingerprint density at radius 2 is 2.23 bits per heavy atom. The highest BCUT2D eigenvalue weighted by Crippen LogP contribution is 2.31. The molecule has 0 aliphatic carbocycles. The number of ether oxygens (including phenoxy) is 1. The van der Waals surface area contributed by atoms with Crippen molar-refractivity contribution < 1.29 is 13.9 Å². The number of amides is 1. The Balaban J connectivity index is 1.40. The SMILES string of the molecule is COc1ccccc1N1CCC(NCc2cnc(-c3ccco3)s2)C1=O. The van der Waals surface area contributed by atoms with E-state index in [2.05, 4.69) is 10.3 Å². The molecule has 1 saturated heterocycles. The molecule has 0 bridgehead atoms. The van der Waals surface area contributed by atoms with Crippen LogP contribution in [-0.2, 0) is 11.3 Å². The minimum atomic E-state index is -0.200. The van der Waals surface area contributed by atoms with Gasteiger partial charge < -0.3 is 19.4 Å². The van der Waals surface area contributed by atoms with Crippen LogP contribution in [0.5, 0.6) is 5.75 Å². The van der Waals surface area contributed by atoms with Gasteiger partial charge in [-0.05, 0) is 30.7 Å². The van der Waals surface area contributed by atoms with E-state index >= 15 is 0 Å². The van der Waals surface area contributed by atoms with Gasteiger partial charge in [0.25, 0.3) is 0 Å². The van der Waals surface area contributed by atoms with E-state index in [1.54, 1.807) is 29.6 Å². The molecule has 1 unspecified atom stereocenters. The van der Waals surface area contributed by atoms with Crippen LogP contribution in [0.4, 0.5) is 5.69 Å². The fraction of sp³-hybridized carbons (Fsp3) is 0.263. The lowest BCUT2D eigenvalue weighted by molar-refractivity contribution is -0.118. The number of thiazole rings is 1.